The molecule has 0 saturated carbocycles. The van der Waals surface area contributed by atoms with Crippen LogP contribution in [0.4, 0.5) is 4.39 Å². The number of pyridine rings is 1. The van der Waals surface area contributed by atoms with Crippen LogP contribution in [0, 0.1) is 5.82 Å². The van der Waals surface area contributed by atoms with Crippen LogP contribution in [-0.4, -0.2) is 30.1 Å². The number of allylic oxidation sites excluding steroid dienone is 2. The fraction of sp³-hybridized carbons (Fsp3) is 0.318. The lowest BCUT2D eigenvalue weighted by atomic mass is 9.82. The van der Waals surface area contributed by atoms with Gasteiger partial charge in [-0.3, -0.25) is 4.79 Å². The van der Waals surface area contributed by atoms with Crippen LogP contribution in [0.1, 0.15) is 39.2 Å². The molecule has 1 aliphatic heterocycles. The van der Waals surface area contributed by atoms with Crippen LogP contribution in [0.15, 0.2) is 51.7 Å². The second-order valence-corrected chi connectivity index (χ2v) is 6.70. The van der Waals surface area contributed by atoms with Crippen molar-refractivity contribution in [2.75, 3.05) is 13.2 Å². The minimum Gasteiger partial charge on any atom is -0.465 e. The van der Waals surface area contributed by atoms with Crippen molar-refractivity contribution in [1.29, 1.82) is 0 Å². The van der Waals surface area contributed by atoms with E-state index < -0.39 is 29.2 Å². The molecule has 1 aliphatic rings. The Morgan fingerprint density at radius 3 is 2.13 bits per heavy atom. The van der Waals surface area contributed by atoms with Gasteiger partial charge in [-0.1, -0.05) is 0 Å². The van der Waals surface area contributed by atoms with E-state index in [0.29, 0.717) is 10.9 Å². The zero-order chi connectivity index (χ0) is 22.0. The fourth-order valence-corrected chi connectivity index (χ4v) is 3.55. The van der Waals surface area contributed by atoms with Gasteiger partial charge in [0.15, 0.2) is 0 Å². The largest absolute Gasteiger partial charge is 0.465 e. The first-order valence-electron chi connectivity index (χ1n) is 9.54. The van der Waals surface area contributed by atoms with Crippen molar-refractivity contribution in [2.24, 2.45) is 0 Å². The molecule has 158 valence electrons. The highest BCUT2D eigenvalue weighted by Crippen LogP contribution is 2.40. The van der Waals surface area contributed by atoms with Crippen molar-refractivity contribution in [2.45, 2.75) is 33.6 Å². The summed E-state index contributed by atoms with van der Waals surface area (Å²) in [7, 11) is 0. The van der Waals surface area contributed by atoms with Gasteiger partial charge in [-0.05, 0) is 52.0 Å². The lowest BCUT2D eigenvalue weighted by Gasteiger charge is -2.29. The molecule has 0 saturated heterocycles. The third kappa shape index (κ3) is 3.85. The zero-order valence-corrected chi connectivity index (χ0v) is 17.1. The monoisotopic (exact) mass is 415 g/mol. The molecule has 0 fully saturated rings. The maximum Gasteiger partial charge on any atom is 0.338 e. The molecule has 2 heterocycles. The number of ether oxygens (including phenoxy) is 3. The molecule has 8 heteroatoms. The van der Waals surface area contributed by atoms with E-state index in [-0.39, 0.29) is 41.4 Å². The van der Waals surface area contributed by atoms with E-state index in [0.717, 1.165) is 0 Å². The van der Waals surface area contributed by atoms with Crippen LogP contribution in [0.2, 0.25) is 0 Å². The van der Waals surface area contributed by atoms with E-state index in [4.69, 9.17) is 14.2 Å². The van der Waals surface area contributed by atoms with Crippen LogP contribution in [0.25, 0.3) is 10.9 Å². The van der Waals surface area contributed by atoms with E-state index in [1.54, 1.807) is 27.7 Å². The topological polar surface area (TPSA) is 94.7 Å². The quantitative estimate of drug-likeness (QED) is 0.752. The van der Waals surface area contributed by atoms with Gasteiger partial charge in [0.1, 0.15) is 17.3 Å². The molecule has 0 aliphatic carbocycles. The summed E-state index contributed by atoms with van der Waals surface area (Å²) in [6.07, 6.45) is 0. The summed E-state index contributed by atoms with van der Waals surface area (Å²) in [5, 5.41) is 0.415. The Labute approximate surface area is 172 Å². The Morgan fingerprint density at radius 1 is 1.03 bits per heavy atom. The maximum atomic E-state index is 13.8. The van der Waals surface area contributed by atoms with Crippen molar-refractivity contribution in [1.82, 2.24) is 4.98 Å². The van der Waals surface area contributed by atoms with Crippen LogP contribution in [-0.2, 0) is 23.8 Å². The minimum atomic E-state index is -1.09. The van der Waals surface area contributed by atoms with E-state index in [9.17, 15) is 18.8 Å². The Kier molecular flexibility index (Phi) is 6.05. The van der Waals surface area contributed by atoms with Gasteiger partial charge >= 0.3 is 11.9 Å². The molecular weight excluding hydrogens is 393 g/mol. The number of hydrogen-bond donors (Lipinski definition) is 1. The van der Waals surface area contributed by atoms with Gasteiger partial charge in [-0.2, -0.15) is 0 Å². The van der Waals surface area contributed by atoms with Crippen LogP contribution < -0.4 is 5.56 Å². The number of benzene rings is 1. The van der Waals surface area contributed by atoms with Crippen LogP contribution in [0.3, 0.4) is 0 Å². The highest BCUT2D eigenvalue weighted by atomic mass is 19.1. The van der Waals surface area contributed by atoms with Crippen LogP contribution in [0.5, 0.6) is 0 Å². The van der Waals surface area contributed by atoms with E-state index in [2.05, 4.69) is 4.98 Å². The molecule has 0 unspecified atom stereocenters. The first-order chi connectivity index (χ1) is 14.3. The zero-order valence-electron chi connectivity index (χ0n) is 17.1. The molecule has 1 N–H and O–H groups in total. The van der Waals surface area contributed by atoms with Gasteiger partial charge in [0.05, 0.1) is 30.3 Å². The first-order valence-corrected chi connectivity index (χ1v) is 9.54. The summed E-state index contributed by atoms with van der Waals surface area (Å²) in [5.74, 6) is -2.58. The predicted molar refractivity (Wildman–Crippen MR) is 107 cm³/mol. The predicted octanol–water partition coefficient (Wildman–Crippen LogP) is 3.46. The second kappa shape index (κ2) is 8.52. The number of nitrogens with one attached hydrogen (secondary N) is 1. The van der Waals surface area contributed by atoms with Crippen molar-refractivity contribution >= 4 is 22.8 Å². The lowest BCUT2D eigenvalue weighted by molar-refractivity contribution is -0.140. The summed E-state index contributed by atoms with van der Waals surface area (Å²) < 4.78 is 29.7. The average Bonchev–Trinajstić information content (AvgIpc) is 2.67. The van der Waals surface area contributed by atoms with Gasteiger partial charge in [-0.15, -0.1) is 0 Å². The Bertz CT molecular complexity index is 1100. The fourth-order valence-electron chi connectivity index (χ4n) is 3.55. The average molecular weight is 415 g/mol. The number of aromatic nitrogens is 1. The highest BCUT2D eigenvalue weighted by molar-refractivity contribution is 5.99. The molecular formula is C22H22FNO6. The first kappa shape index (κ1) is 21.3. The molecule has 7 nitrogen and oxygen atoms in total. The van der Waals surface area contributed by atoms with Gasteiger partial charge in [-0.25, -0.2) is 14.0 Å². The third-order valence-corrected chi connectivity index (χ3v) is 4.78. The highest BCUT2D eigenvalue weighted by Gasteiger charge is 2.40. The van der Waals surface area contributed by atoms with Gasteiger partial charge in [0, 0.05) is 16.5 Å². The van der Waals surface area contributed by atoms with E-state index in [1.165, 1.54) is 24.3 Å². The minimum absolute atomic E-state index is 0.0201. The summed E-state index contributed by atoms with van der Waals surface area (Å²) in [6.45, 7) is 6.59. The summed E-state index contributed by atoms with van der Waals surface area (Å²) >= 11 is 0. The third-order valence-electron chi connectivity index (χ3n) is 4.78. The van der Waals surface area contributed by atoms with Crippen molar-refractivity contribution < 1.29 is 28.2 Å². The standard InChI is InChI=1S/C22H22FNO6/c1-5-28-21(26)17-11(3)30-12(4)18(22(27)29-6-2)19(17)15-10-13-9-14(23)7-8-16(13)24-20(15)25/h7-10,19H,5-6H2,1-4H3,(H,24,25). The van der Waals surface area contributed by atoms with Gasteiger partial charge in [0.2, 0.25) is 0 Å². The second-order valence-electron chi connectivity index (χ2n) is 6.70. The number of hydrogen-bond acceptors (Lipinski definition) is 6. The van der Waals surface area contributed by atoms with E-state index in [1.807, 2.05) is 0 Å². The Balaban J connectivity index is 2.30. The smallest absolute Gasteiger partial charge is 0.338 e. The molecule has 0 amide bonds. The normalized spacial score (nSPS) is 14.7. The molecule has 1 aromatic carbocycles. The number of halogens is 1. The molecule has 3 rings (SSSR count). The molecule has 1 aromatic heterocycles. The van der Waals surface area contributed by atoms with Gasteiger partial charge < -0.3 is 19.2 Å². The molecule has 30 heavy (non-hydrogen) atoms. The lowest BCUT2D eigenvalue weighted by Crippen LogP contribution is -2.31. The Morgan fingerprint density at radius 2 is 1.60 bits per heavy atom. The molecule has 0 bridgehead atoms. The number of H-pyrrole nitrogens is 1. The number of carbonyl (C=O) groups is 2. The molecule has 0 spiro atoms. The van der Waals surface area contributed by atoms with Gasteiger partial charge in [0.25, 0.3) is 5.56 Å². The molecule has 2 aromatic rings. The molecule has 0 radical (unpaired) electrons. The summed E-state index contributed by atoms with van der Waals surface area (Å²) in [6, 6.07) is 5.40. The number of rotatable bonds is 5. The van der Waals surface area contributed by atoms with E-state index >= 15 is 0 Å². The van der Waals surface area contributed by atoms with Crippen LogP contribution >= 0.6 is 0 Å². The SMILES string of the molecule is CCOC(=O)C1=C(C)OC(C)=C(C(=O)OCC)C1c1cc2cc(F)ccc2[nH]c1=O. The number of fused-ring (bicyclic) bond motifs is 1. The summed E-state index contributed by atoms with van der Waals surface area (Å²) in [5.41, 5.74) is 0.0268. The summed E-state index contributed by atoms with van der Waals surface area (Å²) in [4.78, 5) is 41.1. The maximum absolute atomic E-state index is 13.8. The Hall–Kier alpha value is -3.42. The number of carbonyl (C=O) groups excluding carboxylic acids is 2. The van der Waals surface area contributed by atoms with Crippen molar-refractivity contribution in [3.8, 4) is 0 Å². The molecule has 0 atom stereocenters. The number of esters is 2. The van der Waals surface area contributed by atoms with Crippen molar-refractivity contribution in [3.05, 3.63) is 68.7 Å². The van der Waals surface area contributed by atoms with Crippen molar-refractivity contribution in [3.63, 3.8) is 0 Å². The number of aromatic amines is 1.